The van der Waals surface area contributed by atoms with Gasteiger partial charge in [0.15, 0.2) is 16.7 Å². The Kier molecular flexibility index (Phi) is 6.66. The predicted octanol–water partition coefficient (Wildman–Crippen LogP) is 7.08. The summed E-state index contributed by atoms with van der Waals surface area (Å²) in [4.78, 5) is 4.86. The number of hydrogen-bond acceptors (Lipinski definition) is 4. The number of benzene rings is 3. The summed E-state index contributed by atoms with van der Waals surface area (Å²) in [6.45, 7) is 2.05. The molecule has 3 aromatic carbocycles. The zero-order valence-corrected chi connectivity index (χ0v) is 21.0. The van der Waals surface area contributed by atoms with Crippen LogP contribution in [-0.4, -0.2) is 21.8 Å². The van der Waals surface area contributed by atoms with Gasteiger partial charge in [0.05, 0.1) is 18.5 Å². The number of aromatic hydroxyl groups is 1. The molecule has 0 spiro atoms. The van der Waals surface area contributed by atoms with E-state index in [0.717, 1.165) is 53.7 Å². The topological polar surface area (TPSA) is 47.3 Å². The fraction of sp³-hybridized carbons (Fsp3) is 0.250. The fourth-order valence-electron chi connectivity index (χ4n) is 4.99. The Balaban J connectivity index is 1.66. The molecule has 37 heavy (non-hydrogen) atoms. The number of ether oxygens (including phenoxy) is 1. The molecule has 0 amide bonds. The summed E-state index contributed by atoms with van der Waals surface area (Å²) in [6.07, 6.45) is 2.26. The Morgan fingerprint density at radius 2 is 1.70 bits per heavy atom. The van der Waals surface area contributed by atoms with Crippen molar-refractivity contribution in [2.24, 2.45) is 0 Å². The van der Waals surface area contributed by atoms with Crippen LogP contribution in [0.2, 0.25) is 0 Å². The third kappa shape index (κ3) is 4.56. The van der Waals surface area contributed by atoms with Gasteiger partial charge in [-0.25, -0.2) is 22.5 Å². The number of phenols is 1. The third-order valence-electron chi connectivity index (χ3n) is 6.88. The van der Waals surface area contributed by atoms with Crippen LogP contribution < -0.4 is 4.74 Å². The lowest BCUT2D eigenvalue weighted by molar-refractivity contribution is 0.381. The molecule has 1 aromatic heterocycles. The maximum Gasteiger partial charge on any atom is 0.173 e. The van der Waals surface area contributed by atoms with Gasteiger partial charge in [0.2, 0.25) is 0 Å². The molecule has 1 aliphatic rings. The van der Waals surface area contributed by atoms with Crippen LogP contribution in [0.25, 0.3) is 5.69 Å². The largest absolute Gasteiger partial charge is 0.508 e. The van der Waals surface area contributed by atoms with E-state index in [1.54, 1.807) is 24.3 Å². The second kappa shape index (κ2) is 9.78. The number of aryl methyl sites for hydroxylation is 1. The van der Waals surface area contributed by atoms with Gasteiger partial charge in [0.1, 0.15) is 23.2 Å². The van der Waals surface area contributed by atoms with Gasteiger partial charge in [0, 0.05) is 34.6 Å². The number of nitrogens with zero attached hydrogens (tertiary/aromatic N) is 2. The molecule has 5 rings (SSSR count). The Bertz CT molecular complexity index is 1450. The van der Waals surface area contributed by atoms with E-state index in [-0.39, 0.29) is 17.1 Å². The average molecular weight is 529 g/mol. The smallest absolute Gasteiger partial charge is 0.173 e. The van der Waals surface area contributed by atoms with Crippen molar-refractivity contribution >= 4 is 11.8 Å². The number of rotatable bonds is 6. The Hall–Kier alpha value is -3.46. The van der Waals surface area contributed by atoms with Crippen LogP contribution in [-0.2, 0) is 17.6 Å². The Morgan fingerprint density at radius 3 is 2.38 bits per heavy atom. The Morgan fingerprint density at radius 1 is 1.00 bits per heavy atom. The molecule has 0 bridgehead atoms. The van der Waals surface area contributed by atoms with Crippen LogP contribution >= 0.6 is 11.8 Å². The molecule has 0 saturated carbocycles. The summed E-state index contributed by atoms with van der Waals surface area (Å²) in [6, 6.07) is 12.5. The van der Waals surface area contributed by atoms with E-state index in [9.17, 15) is 22.7 Å². The SMILES string of the molecule is COc1cc(C2(C)CCCc3nc(SCc4c(F)cc(O)cc4F)n(-c4ccc(F)cc4)c32)ccc1F. The summed E-state index contributed by atoms with van der Waals surface area (Å²) in [7, 11) is 1.41. The lowest BCUT2D eigenvalue weighted by Gasteiger charge is -2.36. The first-order valence-electron chi connectivity index (χ1n) is 11.7. The van der Waals surface area contributed by atoms with Crippen LogP contribution in [0.5, 0.6) is 11.5 Å². The first-order valence-corrected chi connectivity index (χ1v) is 12.7. The molecule has 0 fully saturated rings. The molecule has 4 aromatic rings. The Labute approximate surface area is 215 Å². The van der Waals surface area contributed by atoms with Crippen molar-refractivity contribution in [1.29, 1.82) is 0 Å². The molecule has 1 atom stereocenters. The minimum atomic E-state index is -0.849. The number of phenolic OH excluding ortho intramolecular Hbond substituents is 1. The molecule has 0 aliphatic heterocycles. The lowest BCUT2D eigenvalue weighted by Crippen LogP contribution is -2.31. The van der Waals surface area contributed by atoms with Crippen LogP contribution in [0.15, 0.2) is 59.8 Å². The van der Waals surface area contributed by atoms with Crippen molar-refractivity contribution in [3.05, 3.63) is 100 Å². The van der Waals surface area contributed by atoms with Gasteiger partial charge >= 0.3 is 0 Å². The van der Waals surface area contributed by atoms with Crippen LogP contribution in [0.1, 0.15) is 42.3 Å². The van der Waals surface area contributed by atoms with E-state index < -0.39 is 34.4 Å². The van der Waals surface area contributed by atoms with Crippen molar-refractivity contribution in [1.82, 2.24) is 9.55 Å². The molecule has 0 radical (unpaired) electrons. The van der Waals surface area contributed by atoms with E-state index in [1.165, 1.54) is 25.3 Å². The molecular weight excluding hydrogens is 504 g/mol. The molecule has 9 heteroatoms. The van der Waals surface area contributed by atoms with Gasteiger partial charge in [-0.2, -0.15) is 0 Å². The number of hydrogen-bond donors (Lipinski definition) is 1. The molecule has 4 nitrogen and oxygen atoms in total. The van der Waals surface area contributed by atoms with E-state index in [4.69, 9.17) is 9.72 Å². The number of methoxy groups -OCH3 is 1. The van der Waals surface area contributed by atoms with E-state index in [0.29, 0.717) is 17.3 Å². The van der Waals surface area contributed by atoms with E-state index in [1.807, 2.05) is 11.5 Å². The summed E-state index contributed by atoms with van der Waals surface area (Å²) in [5.41, 5.74) is 2.38. The van der Waals surface area contributed by atoms with Gasteiger partial charge in [-0.05, 0) is 68.1 Å². The number of thioether (sulfide) groups is 1. The second-order valence-electron chi connectivity index (χ2n) is 9.21. The van der Waals surface area contributed by atoms with Gasteiger partial charge in [-0.3, -0.25) is 4.57 Å². The van der Waals surface area contributed by atoms with Gasteiger partial charge in [0.25, 0.3) is 0 Å². The summed E-state index contributed by atoms with van der Waals surface area (Å²) >= 11 is 1.14. The standard InChI is InChI=1S/C28H24F4N2O2S/c1-28(16-5-10-21(30)25(12-16)36-2)11-3-4-24-26(28)34(18-8-6-17(29)7-9-18)27(33-24)37-15-20-22(31)13-19(35)14-23(20)32/h5-10,12-14,35H,3-4,11,15H2,1-2H3. The molecule has 1 aliphatic carbocycles. The average Bonchev–Trinajstić information content (AvgIpc) is 3.24. The minimum absolute atomic E-state index is 0.0733. The number of imidazole rings is 1. The first kappa shape index (κ1) is 25.2. The summed E-state index contributed by atoms with van der Waals surface area (Å²) in [5.74, 6) is -2.99. The predicted molar refractivity (Wildman–Crippen MR) is 133 cm³/mol. The normalized spacial score (nSPS) is 17.0. The summed E-state index contributed by atoms with van der Waals surface area (Å²) < 4.78 is 64.0. The minimum Gasteiger partial charge on any atom is -0.508 e. The van der Waals surface area contributed by atoms with Crippen molar-refractivity contribution in [3.8, 4) is 17.2 Å². The van der Waals surface area contributed by atoms with Crippen LogP contribution in [0.4, 0.5) is 17.6 Å². The second-order valence-corrected chi connectivity index (χ2v) is 10.2. The van der Waals surface area contributed by atoms with Gasteiger partial charge in [-0.15, -0.1) is 0 Å². The molecular formula is C28H24F4N2O2S. The molecule has 1 heterocycles. The van der Waals surface area contributed by atoms with E-state index in [2.05, 4.69) is 0 Å². The number of fused-ring (bicyclic) bond motifs is 1. The van der Waals surface area contributed by atoms with Crippen molar-refractivity contribution in [3.63, 3.8) is 0 Å². The highest BCUT2D eigenvalue weighted by Gasteiger charge is 2.40. The number of halogens is 4. The molecule has 1 N–H and O–H groups in total. The van der Waals surface area contributed by atoms with Crippen molar-refractivity contribution < 1.29 is 27.4 Å². The highest BCUT2D eigenvalue weighted by atomic mass is 32.2. The zero-order chi connectivity index (χ0) is 26.3. The first-order chi connectivity index (χ1) is 17.7. The van der Waals surface area contributed by atoms with E-state index >= 15 is 0 Å². The van der Waals surface area contributed by atoms with Crippen LogP contribution in [0.3, 0.4) is 0 Å². The van der Waals surface area contributed by atoms with Gasteiger partial charge < -0.3 is 9.84 Å². The van der Waals surface area contributed by atoms with Crippen molar-refractivity contribution in [2.75, 3.05) is 7.11 Å². The van der Waals surface area contributed by atoms with Crippen LogP contribution in [0, 0.1) is 23.3 Å². The van der Waals surface area contributed by atoms with Crippen molar-refractivity contribution in [2.45, 2.75) is 42.5 Å². The highest BCUT2D eigenvalue weighted by Crippen LogP contribution is 2.46. The highest BCUT2D eigenvalue weighted by molar-refractivity contribution is 7.98. The monoisotopic (exact) mass is 528 g/mol. The third-order valence-corrected chi connectivity index (χ3v) is 7.84. The zero-order valence-electron chi connectivity index (χ0n) is 20.2. The fourth-order valence-corrected chi connectivity index (χ4v) is 6.04. The van der Waals surface area contributed by atoms with Gasteiger partial charge in [-0.1, -0.05) is 17.8 Å². The number of aromatic nitrogens is 2. The maximum absolute atomic E-state index is 14.4. The lowest BCUT2D eigenvalue weighted by atomic mass is 9.71. The quantitative estimate of drug-likeness (QED) is 0.215. The summed E-state index contributed by atoms with van der Waals surface area (Å²) in [5, 5.41) is 9.97. The molecule has 0 saturated heterocycles. The molecule has 192 valence electrons. The molecule has 1 unspecified atom stereocenters. The maximum atomic E-state index is 14.4.